The number of thiophene rings is 1. The maximum atomic E-state index is 12.1. The summed E-state index contributed by atoms with van der Waals surface area (Å²) >= 11 is 8.74. The number of aromatic nitrogens is 2. The molecule has 7 heteroatoms. The lowest BCUT2D eigenvalue weighted by atomic mass is 10.3. The van der Waals surface area contributed by atoms with Crippen molar-refractivity contribution in [2.75, 3.05) is 5.32 Å². The summed E-state index contributed by atoms with van der Waals surface area (Å²) in [6, 6.07) is 9.07. The van der Waals surface area contributed by atoms with E-state index >= 15 is 0 Å². The van der Waals surface area contributed by atoms with Crippen molar-refractivity contribution in [2.24, 2.45) is 0 Å². The van der Waals surface area contributed by atoms with Crippen LogP contribution < -0.4 is 5.32 Å². The van der Waals surface area contributed by atoms with E-state index in [9.17, 15) is 4.79 Å². The number of pyridine rings is 1. The van der Waals surface area contributed by atoms with Crippen LogP contribution in [0.2, 0.25) is 4.34 Å². The normalized spacial score (nSPS) is 10.6. The largest absolute Gasteiger partial charge is 0.296 e. The standard InChI is InChI=1S/C14H10ClN3OS2/c1-8-3-2-4-9(16-8)13(19)18-14-17-10(7-20-14)11-5-6-12(15)21-11/h2-7H,1H3,(H,17,18,19). The summed E-state index contributed by atoms with van der Waals surface area (Å²) in [5.41, 5.74) is 1.99. The van der Waals surface area contributed by atoms with Crippen LogP contribution in [-0.2, 0) is 0 Å². The van der Waals surface area contributed by atoms with Crippen molar-refractivity contribution in [3.05, 3.63) is 51.4 Å². The Bertz CT molecular complexity index is 797. The molecule has 0 radical (unpaired) electrons. The molecular weight excluding hydrogens is 326 g/mol. The van der Waals surface area contributed by atoms with Crippen molar-refractivity contribution >= 4 is 45.3 Å². The maximum Gasteiger partial charge on any atom is 0.276 e. The van der Waals surface area contributed by atoms with Gasteiger partial charge in [0, 0.05) is 11.1 Å². The van der Waals surface area contributed by atoms with Crippen molar-refractivity contribution in [3.63, 3.8) is 0 Å². The molecule has 0 saturated carbocycles. The summed E-state index contributed by atoms with van der Waals surface area (Å²) in [4.78, 5) is 21.6. The molecule has 3 rings (SSSR count). The molecule has 0 aromatic carbocycles. The zero-order valence-electron chi connectivity index (χ0n) is 11.0. The van der Waals surface area contributed by atoms with Gasteiger partial charge in [-0.2, -0.15) is 0 Å². The van der Waals surface area contributed by atoms with Gasteiger partial charge in [0.2, 0.25) is 0 Å². The SMILES string of the molecule is Cc1cccc(C(=O)Nc2nc(-c3ccc(Cl)s3)cs2)n1. The molecule has 0 fully saturated rings. The van der Waals surface area contributed by atoms with Gasteiger partial charge in [-0.25, -0.2) is 9.97 Å². The number of thiazole rings is 1. The van der Waals surface area contributed by atoms with Gasteiger partial charge < -0.3 is 0 Å². The first-order valence-electron chi connectivity index (χ1n) is 6.08. The predicted octanol–water partition coefficient (Wildman–Crippen LogP) is 4.48. The van der Waals surface area contributed by atoms with E-state index < -0.39 is 0 Å². The summed E-state index contributed by atoms with van der Waals surface area (Å²) in [7, 11) is 0. The van der Waals surface area contributed by atoms with Gasteiger partial charge in [-0.3, -0.25) is 10.1 Å². The van der Waals surface area contributed by atoms with E-state index in [0.717, 1.165) is 16.3 Å². The number of carbonyl (C=O) groups is 1. The topological polar surface area (TPSA) is 54.9 Å². The average Bonchev–Trinajstić information content (AvgIpc) is 3.07. The molecule has 1 amide bonds. The fraction of sp³-hybridized carbons (Fsp3) is 0.0714. The van der Waals surface area contributed by atoms with E-state index in [1.165, 1.54) is 22.7 Å². The molecule has 0 aliphatic rings. The van der Waals surface area contributed by atoms with Crippen molar-refractivity contribution in [2.45, 2.75) is 6.92 Å². The summed E-state index contributed by atoms with van der Waals surface area (Å²) in [6.07, 6.45) is 0. The van der Waals surface area contributed by atoms with Crippen LogP contribution in [0.4, 0.5) is 5.13 Å². The Labute approximate surface area is 134 Å². The second-order valence-corrected chi connectivity index (χ2v) is 6.83. The first-order valence-corrected chi connectivity index (χ1v) is 8.15. The first-order chi connectivity index (χ1) is 10.1. The molecule has 0 bridgehead atoms. The highest BCUT2D eigenvalue weighted by atomic mass is 35.5. The molecule has 21 heavy (non-hydrogen) atoms. The highest BCUT2D eigenvalue weighted by Gasteiger charge is 2.12. The third kappa shape index (κ3) is 3.29. The van der Waals surface area contributed by atoms with Gasteiger partial charge in [0.05, 0.1) is 14.9 Å². The molecule has 106 valence electrons. The van der Waals surface area contributed by atoms with E-state index in [1.54, 1.807) is 12.1 Å². The van der Waals surface area contributed by atoms with E-state index in [0.29, 0.717) is 15.2 Å². The zero-order valence-corrected chi connectivity index (χ0v) is 13.4. The molecule has 0 spiro atoms. The molecule has 3 heterocycles. The van der Waals surface area contributed by atoms with Crippen molar-refractivity contribution < 1.29 is 4.79 Å². The Morgan fingerprint density at radius 1 is 1.24 bits per heavy atom. The quantitative estimate of drug-likeness (QED) is 0.767. The van der Waals surface area contributed by atoms with Crippen molar-refractivity contribution in [1.29, 1.82) is 0 Å². The van der Waals surface area contributed by atoms with Crippen LogP contribution in [0, 0.1) is 6.92 Å². The van der Waals surface area contributed by atoms with Crippen LogP contribution in [0.3, 0.4) is 0 Å². The number of amides is 1. The fourth-order valence-electron chi connectivity index (χ4n) is 1.73. The summed E-state index contributed by atoms with van der Waals surface area (Å²) in [5, 5.41) is 5.19. The number of aryl methyl sites for hydroxylation is 1. The van der Waals surface area contributed by atoms with Gasteiger partial charge in [0.1, 0.15) is 5.69 Å². The molecule has 0 atom stereocenters. The minimum absolute atomic E-state index is 0.260. The molecule has 0 unspecified atom stereocenters. The van der Waals surface area contributed by atoms with Gasteiger partial charge in [0.15, 0.2) is 5.13 Å². The molecule has 1 N–H and O–H groups in total. The van der Waals surface area contributed by atoms with Crippen molar-refractivity contribution in [3.8, 4) is 10.6 Å². The van der Waals surface area contributed by atoms with Gasteiger partial charge in [-0.05, 0) is 31.2 Å². The summed E-state index contributed by atoms with van der Waals surface area (Å²) in [5.74, 6) is -0.260. The molecular formula is C14H10ClN3OS2. The number of carbonyl (C=O) groups excluding carboxylic acids is 1. The highest BCUT2D eigenvalue weighted by molar-refractivity contribution is 7.20. The Kier molecular flexibility index (Phi) is 4.01. The Balaban J connectivity index is 1.77. The smallest absolute Gasteiger partial charge is 0.276 e. The number of hydrogen-bond donors (Lipinski definition) is 1. The number of hydrogen-bond acceptors (Lipinski definition) is 5. The first kappa shape index (κ1) is 14.2. The molecule has 4 nitrogen and oxygen atoms in total. The third-order valence-electron chi connectivity index (χ3n) is 2.67. The van der Waals surface area contributed by atoms with Crippen LogP contribution in [0.15, 0.2) is 35.7 Å². The maximum absolute atomic E-state index is 12.1. The van der Waals surface area contributed by atoms with E-state index in [1.807, 2.05) is 30.5 Å². The Morgan fingerprint density at radius 3 is 2.81 bits per heavy atom. The molecule has 0 aliphatic heterocycles. The third-order valence-corrected chi connectivity index (χ3v) is 4.68. The Hall–Kier alpha value is -1.76. The number of anilines is 1. The summed E-state index contributed by atoms with van der Waals surface area (Å²) < 4.78 is 0.715. The van der Waals surface area contributed by atoms with Gasteiger partial charge in [0.25, 0.3) is 5.91 Å². The van der Waals surface area contributed by atoms with Crippen LogP contribution in [0.25, 0.3) is 10.6 Å². The Morgan fingerprint density at radius 2 is 2.10 bits per heavy atom. The molecule has 0 saturated heterocycles. The van der Waals surface area contributed by atoms with Gasteiger partial charge in [-0.15, -0.1) is 22.7 Å². The molecule has 3 aromatic heterocycles. The van der Waals surface area contributed by atoms with Crippen LogP contribution >= 0.6 is 34.3 Å². The molecule has 0 aliphatic carbocycles. The van der Waals surface area contributed by atoms with Crippen LogP contribution in [0.5, 0.6) is 0 Å². The minimum atomic E-state index is -0.260. The van der Waals surface area contributed by atoms with Crippen molar-refractivity contribution in [1.82, 2.24) is 9.97 Å². The lowest BCUT2D eigenvalue weighted by Crippen LogP contribution is -2.13. The van der Waals surface area contributed by atoms with Gasteiger partial charge >= 0.3 is 0 Å². The number of nitrogens with zero attached hydrogens (tertiary/aromatic N) is 2. The molecule has 3 aromatic rings. The monoisotopic (exact) mass is 335 g/mol. The van der Waals surface area contributed by atoms with E-state index in [-0.39, 0.29) is 5.91 Å². The zero-order chi connectivity index (χ0) is 14.8. The fourth-order valence-corrected chi connectivity index (χ4v) is 3.51. The van der Waals surface area contributed by atoms with E-state index in [4.69, 9.17) is 11.6 Å². The second kappa shape index (κ2) is 5.93. The average molecular weight is 336 g/mol. The lowest BCUT2D eigenvalue weighted by molar-refractivity contribution is 0.102. The highest BCUT2D eigenvalue weighted by Crippen LogP contribution is 2.32. The predicted molar refractivity (Wildman–Crippen MR) is 87.4 cm³/mol. The van der Waals surface area contributed by atoms with Crippen LogP contribution in [0.1, 0.15) is 16.2 Å². The number of halogens is 1. The van der Waals surface area contributed by atoms with E-state index in [2.05, 4.69) is 15.3 Å². The number of nitrogens with one attached hydrogen (secondary N) is 1. The summed E-state index contributed by atoms with van der Waals surface area (Å²) in [6.45, 7) is 1.85. The van der Waals surface area contributed by atoms with Gasteiger partial charge in [-0.1, -0.05) is 17.7 Å². The number of rotatable bonds is 3. The van der Waals surface area contributed by atoms with Crippen LogP contribution in [-0.4, -0.2) is 15.9 Å². The second-order valence-electron chi connectivity index (χ2n) is 4.26. The lowest BCUT2D eigenvalue weighted by Gasteiger charge is -2.01. The minimum Gasteiger partial charge on any atom is -0.296 e.